The summed E-state index contributed by atoms with van der Waals surface area (Å²) in [5.74, 6) is 0. The molecule has 1 atom stereocenters. The molecule has 106 valence electrons. The van der Waals surface area contributed by atoms with Crippen LogP contribution in [0.1, 0.15) is 28.3 Å². The van der Waals surface area contributed by atoms with Crippen LogP contribution in [0.4, 0.5) is 0 Å². The molecule has 0 aromatic heterocycles. The second-order valence-corrected chi connectivity index (χ2v) is 6.24. The summed E-state index contributed by atoms with van der Waals surface area (Å²) >= 11 is 18.2. The largest absolute Gasteiger partial charge is 0.324 e. The summed E-state index contributed by atoms with van der Waals surface area (Å²) in [4.78, 5) is 0. The Labute approximate surface area is 134 Å². The molecule has 2 aromatic carbocycles. The number of rotatable bonds is 3. The molecule has 0 amide bonds. The lowest BCUT2D eigenvalue weighted by Gasteiger charge is -2.16. The van der Waals surface area contributed by atoms with Crippen LogP contribution >= 0.6 is 34.8 Å². The molecule has 0 radical (unpaired) electrons. The summed E-state index contributed by atoms with van der Waals surface area (Å²) in [5, 5.41) is 1.80. The molecule has 0 fully saturated rings. The smallest absolute Gasteiger partial charge is 0.0595 e. The lowest BCUT2D eigenvalue weighted by Crippen LogP contribution is -2.14. The quantitative estimate of drug-likeness (QED) is 0.790. The van der Waals surface area contributed by atoms with Crippen molar-refractivity contribution in [1.29, 1.82) is 0 Å². The highest BCUT2D eigenvalue weighted by molar-refractivity contribution is 6.42. The van der Waals surface area contributed by atoms with E-state index in [4.69, 9.17) is 40.5 Å². The fourth-order valence-electron chi connectivity index (χ4n) is 2.12. The van der Waals surface area contributed by atoms with Gasteiger partial charge in [0.05, 0.1) is 10.0 Å². The van der Waals surface area contributed by atoms with Crippen molar-refractivity contribution < 1.29 is 0 Å². The molecule has 0 aliphatic carbocycles. The molecule has 2 rings (SSSR count). The van der Waals surface area contributed by atoms with Gasteiger partial charge in [-0.05, 0) is 60.7 Å². The van der Waals surface area contributed by atoms with Crippen LogP contribution in [0.25, 0.3) is 0 Å². The molecule has 20 heavy (non-hydrogen) atoms. The summed E-state index contributed by atoms with van der Waals surface area (Å²) < 4.78 is 0. The van der Waals surface area contributed by atoms with Crippen LogP contribution in [0.15, 0.2) is 30.3 Å². The van der Waals surface area contributed by atoms with E-state index in [9.17, 15) is 0 Å². The maximum Gasteiger partial charge on any atom is 0.0595 e. The van der Waals surface area contributed by atoms with E-state index in [0.717, 1.165) is 11.1 Å². The van der Waals surface area contributed by atoms with Gasteiger partial charge in [-0.1, -0.05) is 46.9 Å². The molecular weight excluding hydrogens is 313 g/mol. The molecule has 0 bridgehead atoms. The number of aryl methyl sites for hydroxylation is 2. The van der Waals surface area contributed by atoms with Gasteiger partial charge in [-0.2, -0.15) is 0 Å². The lowest BCUT2D eigenvalue weighted by atomic mass is 9.96. The predicted octanol–water partition coefficient (Wildman–Crippen LogP) is 5.51. The predicted molar refractivity (Wildman–Crippen MR) is 88.0 cm³/mol. The van der Waals surface area contributed by atoms with Gasteiger partial charge in [0.25, 0.3) is 0 Å². The molecule has 0 aliphatic heterocycles. The SMILES string of the molecule is Cc1cc(Cl)c(C(N)Cc2ccc(Cl)c(Cl)c2)cc1C. The van der Waals surface area contributed by atoms with Crippen molar-refractivity contribution in [2.24, 2.45) is 5.73 Å². The highest BCUT2D eigenvalue weighted by Crippen LogP contribution is 2.29. The van der Waals surface area contributed by atoms with Crippen molar-refractivity contribution in [3.05, 3.63) is 67.7 Å². The topological polar surface area (TPSA) is 26.0 Å². The van der Waals surface area contributed by atoms with Crippen molar-refractivity contribution in [2.75, 3.05) is 0 Å². The van der Waals surface area contributed by atoms with Gasteiger partial charge in [0, 0.05) is 11.1 Å². The molecule has 0 heterocycles. The third kappa shape index (κ3) is 3.48. The number of hydrogen-bond donors (Lipinski definition) is 1. The molecule has 2 N–H and O–H groups in total. The first kappa shape index (κ1) is 15.7. The standard InChI is InChI=1S/C16H16Cl3N/c1-9-5-12(14(18)6-10(9)2)16(20)8-11-3-4-13(17)15(19)7-11/h3-7,16H,8,20H2,1-2H3. The summed E-state index contributed by atoms with van der Waals surface area (Å²) in [6.07, 6.45) is 0.666. The van der Waals surface area contributed by atoms with Crippen LogP contribution < -0.4 is 5.73 Å². The van der Waals surface area contributed by atoms with E-state index in [1.165, 1.54) is 11.1 Å². The number of benzene rings is 2. The third-order valence-corrected chi connectivity index (χ3v) is 4.52. The first-order chi connectivity index (χ1) is 9.38. The fraction of sp³-hybridized carbons (Fsp3) is 0.250. The molecule has 1 nitrogen and oxygen atoms in total. The fourth-order valence-corrected chi connectivity index (χ4v) is 2.80. The van der Waals surface area contributed by atoms with E-state index >= 15 is 0 Å². The van der Waals surface area contributed by atoms with Gasteiger partial charge in [-0.15, -0.1) is 0 Å². The third-order valence-electron chi connectivity index (χ3n) is 3.45. The normalized spacial score (nSPS) is 12.5. The van der Waals surface area contributed by atoms with Crippen LogP contribution in [0, 0.1) is 13.8 Å². The Morgan fingerprint density at radius 3 is 2.20 bits per heavy atom. The molecular formula is C16H16Cl3N. The van der Waals surface area contributed by atoms with E-state index < -0.39 is 0 Å². The molecule has 2 aromatic rings. The molecule has 1 unspecified atom stereocenters. The zero-order valence-corrected chi connectivity index (χ0v) is 13.7. The molecule has 0 saturated heterocycles. The van der Waals surface area contributed by atoms with Gasteiger partial charge in [-0.25, -0.2) is 0 Å². The van der Waals surface area contributed by atoms with Crippen LogP contribution in [0.2, 0.25) is 15.1 Å². The van der Waals surface area contributed by atoms with E-state index in [-0.39, 0.29) is 6.04 Å². The van der Waals surface area contributed by atoms with E-state index in [1.54, 1.807) is 6.07 Å². The molecule has 0 spiro atoms. The van der Waals surface area contributed by atoms with Crippen LogP contribution in [0.5, 0.6) is 0 Å². The molecule has 0 aliphatic rings. The molecule has 4 heteroatoms. The summed E-state index contributed by atoms with van der Waals surface area (Å²) in [6, 6.07) is 9.41. The van der Waals surface area contributed by atoms with Crippen molar-refractivity contribution in [1.82, 2.24) is 0 Å². The Bertz CT molecular complexity index is 638. The van der Waals surface area contributed by atoms with E-state index in [1.807, 2.05) is 25.1 Å². The van der Waals surface area contributed by atoms with Gasteiger partial charge in [0.15, 0.2) is 0 Å². The number of halogens is 3. The summed E-state index contributed by atoms with van der Waals surface area (Å²) in [5.41, 5.74) is 10.6. The Balaban J connectivity index is 2.25. The van der Waals surface area contributed by atoms with Gasteiger partial charge in [0.2, 0.25) is 0 Å². The Hall–Kier alpha value is -0.730. The van der Waals surface area contributed by atoms with Crippen LogP contribution in [-0.4, -0.2) is 0 Å². The maximum atomic E-state index is 6.29. The Morgan fingerprint density at radius 2 is 1.55 bits per heavy atom. The minimum atomic E-state index is -0.168. The molecule has 0 saturated carbocycles. The van der Waals surface area contributed by atoms with Crippen LogP contribution in [0.3, 0.4) is 0 Å². The average molecular weight is 329 g/mol. The lowest BCUT2D eigenvalue weighted by molar-refractivity contribution is 0.721. The highest BCUT2D eigenvalue weighted by Gasteiger charge is 2.13. The monoisotopic (exact) mass is 327 g/mol. The van der Waals surface area contributed by atoms with Crippen molar-refractivity contribution in [3.8, 4) is 0 Å². The van der Waals surface area contributed by atoms with E-state index in [0.29, 0.717) is 21.5 Å². The minimum absolute atomic E-state index is 0.168. The van der Waals surface area contributed by atoms with Gasteiger partial charge < -0.3 is 5.73 Å². The Morgan fingerprint density at radius 1 is 0.900 bits per heavy atom. The van der Waals surface area contributed by atoms with Crippen LogP contribution in [-0.2, 0) is 6.42 Å². The summed E-state index contributed by atoms with van der Waals surface area (Å²) in [7, 11) is 0. The highest BCUT2D eigenvalue weighted by atomic mass is 35.5. The zero-order valence-electron chi connectivity index (χ0n) is 11.4. The van der Waals surface area contributed by atoms with Gasteiger partial charge in [0.1, 0.15) is 0 Å². The van der Waals surface area contributed by atoms with E-state index in [2.05, 4.69) is 13.0 Å². The first-order valence-corrected chi connectivity index (χ1v) is 7.48. The first-order valence-electron chi connectivity index (χ1n) is 6.34. The van der Waals surface area contributed by atoms with Crippen molar-refractivity contribution in [2.45, 2.75) is 26.3 Å². The number of nitrogens with two attached hydrogens (primary N) is 1. The summed E-state index contributed by atoms with van der Waals surface area (Å²) in [6.45, 7) is 4.09. The second kappa shape index (κ2) is 6.36. The zero-order chi connectivity index (χ0) is 14.9. The average Bonchev–Trinajstić information content (AvgIpc) is 2.38. The van der Waals surface area contributed by atoms with Crippen molar-refractivity contribution >= 4 is 34.8 Å². The second-order valence-electron chi connectivity index (χ2n) is 5.02. The minimum Gasteiger partial charge on any atom is -0.324 e. The van der Waals surface area contributed by atoms with Gasteiger partial charge in [-0.3, -0.25) is 0 Å². The van der Waals surface area contributed by atoms with Gasteiger partial charge >= 0.3 is 0 Å². The maximum absolute atomic E-state index is 6.29. The van der Waals surface area contributed by atoms with Crippen molar-refractivity contribution in [3.63, 3.8) is 0 Å². The number of hydrogen-bond acceptors (Lipinski definition) is 1. The Kier molecular flexibility index (Phi) is 4.98.